The molecule has 1 fully saturated rings. The minimum Gasteiger partial charge on any atom is -0.478 e. The number of thioether (sulfide) groups is 1. The molecule has 2 atom stereocenters. The molecule has 0 spiro atoms. The number of anilines is 1. The van der Waals surface area contributed by atoms with Crippen molar-refractivity contribution in [3.8, 4) is 0 Å². The van der Waals surface area contributed by atoms with Gasteiger partial charge in [-0.05, 0) is 30.5 Å². The van der Waals surface area contributed by atoms with Crippen LogP contribution in [0.5, 0.6) is 0 Å². The maximum absolute atomic E-state index is 11.9. The number of carboxylic acids is 1. The Labute approximate surface area is 119 Å². The van der Waals surface area contributed by atoms with Crippen LogP contribution >= 0.6 is 23.1 Å². The van der Waals surface area contributed by atoms with Crippen LogP contribution in [0.4, 0.5) is 9.80 Å². The van der Waals surface area contributed by atoms with Crippen LogP contribution in [0.15, 0.2) is 11.4 Å². The zero-order valence-corrected chi connectivity index (χ0v) is 12.1. The van der Waals surface area contributed by atoms with Gasteiger partial charge in [0.25, 0.3) is 0 Å². The molecule has 1 aromatic heterocycles. The zero-order valence-electron chi connectivity index (χ0n) is 10.5. The highest BCUT2D eigenvalue weighted by Gasteiger charge is 2.28. The van der Waals surface area contributed by atoms with Crippen molar-refractivity contribution < 1.29 is 14.7 Å². The SMILES string of the molecule is CSC1CCCC1NC(=O)Nc1sccc1C(=O)O. The van der Waals surface area contributed by atoms with E-state index >= 15 is 0 Å². The lowest BCUT2D eigenvalue weighted by Gasteiger charge is -2.19. The topological polar surface area (TPSA) is 78.4 Å². The van der Waals surface area contributed by atoms with Crippen molar-refractivity contribution in [2.75, 3.05) is 11.6 Å². The van der Waals surface area contributed by atoms with Gasteiger partial charge in [-0.1, -0.05) is 6.42 Å². The van der Waals surface area contributed by atoms with Crippen molar-refractivity contribution in [2.45, 2.75) is 30.6 Å². The molecule has 1 saturated carbocycles. The van der Waals surface area contributed by atoms with Crippen LogP contribution < -0.4 is 10.6 Å². The third-order valence-electron chi connectivity index (χ3n) is 3.19. The van der Waals surface area contributed by atoms with Crippen molar-refractivity contribution in [2.24, 2.45) is 0 Å². The third-order valence-corrected chi connectivity index (χ3v) is 5.19. The summed E-state index contributed by atoms with van der Waals surface area (Å²) in [7, 11) is 0. The molecular weight excluding hydrogens is 284 g/mol. The van der Waals surface area contributed by atoms with Crippen LogP contribution in [0, 0.1) is 0 Å². The number of thiophene rings is 1. The van der Waals surface area contributed by atoms with Gasteiger partial charge >= 0.3 is 12.0 Å². The summed E-state index contributed by atoms with van der Waals surface area (Å²) in [4.78, 5) is 22.8. The largest absolute Gasteiger partial charge is 0.478 e. The molecule has 7 heteroatoms. The second-order valence-electron chi connectivity index (χ2n) is 4.38. The predicted octanol–water partition coefficient (Wildman–Crippen LogP) is 2.85. The standard InChI is InChI=1S/C12H16N2O3S2/c1-18-9-4-2-3-8(9)13-12(17)14-10-7(11(15)16)5-6-19-10/h5-6,8-9H,2-4H2,1H3,(H,15,16)(H2,13,14,17). The Morgan fingerprint density at radius 2 is 2.26 bits per heavy atom. The fourth-order valence-corrected chi connectivity index (χ4v) is 3.96. The molecule has 0 radical (unpaired) electrons. The van der Waals surface area contributed by atoms with E-state index in [0.29, 0.717) is 10.3 Å². The summed E-state index contributed by atoms with van der Waals surface area (Å²) < 4.78 is 0. The first-order valence-electron chi connectivity index (χ1n) is 6.03. The maximum atomic E-state index is 11.9. The maximum Gasteiger partial charge on any atom is 0.338 e. The van der Waals surface area contributed by atoms with Gasteiger partial charge in [-0.25, -0.2) is 9.59 Å². The molecule has 2 rings (SSSR count). The number of carboxylic acid groups (broad SMARTS) is 1. The highest BCUT2D eigenvalue weighted by Crippen LogP contribution is 2.28. The lowest BCUT2D eigenvalue weighted by molar-refractivity contribution is 0.0698. The number of hydrogen-bond acceptors (Lipinski definition) is 4. The van der Waals surface area contributed by atoms with Gasteiger partial charge in [0.05, 0.1) is 5.56 Å². The highest BCUT2D eigenvalue weighted by atomic mass is 32.2. The minimum atomic E-state index is -1.03. The van der Waals surface area contributed by atoms with E-state index in [2.05, 4.69) is 10.6 Å². The van der Waals surface area contributed by atoms with Crippen LogP contribution in [-0.2, 0) is 0 Å². The fraction of sp³-hybridized carbons (Fsp3) is 0.500. The monoisotopic (exact) mass is 300 g/mol. The van der Waals surface area contributed by atoms with Gasteiger partial charge in [-0.3, -0.25) is 5.32 Å². The van der Waals surface area contributed by atoms with E-state index < -0.39 is 5.97 Å². The Kier molecular flexibility index (Phi) is 4.71. The summed E-state index contributed by atoms with van der Waals surface area (Å²) in [5.74, 6) is -1.03. The van der Waals surface area contributed by atoms with Gasteiger partial charge in [-0.2, -0.15) is 11.8 Å². The third kappa shape index (κ3) is 3.42. The average Bonchev–Trinajstić information content (AvgIpc) is 2.97. The number of rotatable bonds is 4. The van der Waals surface area contributed by atoms with Crippen LogP contribution in [0.2, 0.25) is 0 Å². The highest BCUT2D eigenvalue weighted by molar-refractivity contribution is 7.99. The summed E-state index contributed by atoms with van der Waals surface area (Å²) in [6.07, 6.45) is 5.26. The van der Waals surface area contributed by atoms with Gasteiger partial charge in [-0.15, -0.1) is 11.3 Å². The van der Waals surface area contributed by atoms with Gasteiger partial charge in [0, 0.05) is 11.3 Å². The first-order chi connectivity index (χ1) is 9.11. The molecule has 19 heavy (non-hydrogen) atoms. The van der Waals surface area contributed by atoms with E-state index in [9.17, 15) is 9.59 Å². The van der Waals surface area contributed by atoms with E-state index in [1.807, 2.05) is 6.26 Å². The molecule has 0 saturated heterocycles. The van der Waals surface area contributed by atoms with Gasteiger partial charge in [0.1, 0.15) is 5.00 Å². The molecule has 1 heterocycles. The van der Waals surface area contributed by atoms with Gasteiger partial charge in [0.2, 0.25) is 0 Å². The van der Waals surface area contributed by atoms with Crippen molar-refractivity contribution in [3.63, 3.8) is 0 Å². The van der Waals surface area contributed by atoms with E-state index in [1.165, 1.54) is 17.4 Å². The lowest BCUT2D eigenvalue weighted by Crippen LogP contribution is -2.41. The van der Waals surface area contributed by atoms with Crippen LogP contribution in [-0.4, -0.2) is 34.7 Å². The molecule has 2 amide bonds. The molecule has 0 aromatic carbocycles. The van der Waals surface area contributed by atoms with E-state index in [4.69, 9.17) is 5.11 Å². The molecule has 104 valence electrons. The predicted molar refractivity (Wildman–Crippen MR) is 78.4 cm³/mol. The quantitative estimate of drug-likeness (QED) is 0.799. The Morgan fingerprint density at radius 1 is 1.47 bits per heavy atom. The number of aromatic carboxylic acids is 1. The normalized spacial score (nSPS) is 22.2. The smallest absolute Gasteiger partial charge is 0.338 e. The molecule has 3 N–H and O–H groups in total. The molecule has 5 nitrogen and oxygen atoms in total. The van der Waals surface area contributed by atoms with Gasteiger partial charge in [0.15, 0.2) is 0 Å². The van der Waals surface area contributed by atoms with Crippen molar-refractivity contribution in [1.29, 1.82) is 0 Å². The summed E-state index contributed by atoms with van der Waals surface area (Å²) in [6, 6.07) is 1.34. The summed E-state index contributed by atoms with van der Waals surface area (Å²) in [5, 5.41) is 17.0. The van der Waals surface area contributed by atoms with E-state index in [0.717, 1.165) is 19.3 Å². The van der Waals surface area contributed by atoms with Crippen LogP contribution in [0.3, 0.4) is 0 Å². The second kappa shape index (κ2) is 6.29. The molecule has 0 aliphatic heterocycles. The Balaban J connectivity index is 1.94. The summed E-state index contributed by atoms with van der Waals surface area (Å²) in [5.41, 5.74) is 0.132. The van der Waals surface area contributed by atoms with Crippen molar-refractivity contribution in [1.82, 2.24) is 5.32 Å². The molecule has 1 aliphatic carbocycles. The van der Waals surface area contributed by atoms with Crippen LogP contribution in [0.25, 0.3) is 0 Å². The minimum absolute atomic E-state index is 0.132. The lowest BCUT2D eigenvalue weighted by atomic mass is 10.2. The number of urea groups is 1. The number of nitrogens with one attached hydrogen (secondary N) is 2. The first-order valence-corrected chi connectivity index (χ1v) is 8.19. The summed E-state index contributed by atoms with van der Waals surface area (Å²) in [6.45, 7) is 0. The zero-order chi connectivity index (χ0) is 13.8. The second-order valence-corrected chi connectivity index (χ2v) is 6.37. The summed E-state index contributed by atoms with van der Waals surface area (Å²) >= 11 is 2.98. The Bertz CT molecular complexity index is 475. The van der Waals surface area contributed by atoms with E-state index in [-0.39, 0.29) is 17.6 Å². The molecule has 0 bridgehead atoms. The molecule has 2 unspecified atom stereocenters. The van der Waals surface area contributed by atoms with Crippen molar-refractivity contribution >= 4 is 40.1 Å². The Hall–Kier alpha value is -1.21. The van der Waals surface area contributed by atoms with Crippen LogP contribution in [0.1, 0.15) is 29.6 Å². The number of hydrogen-bond donors (Lipinski definition) is 3. The van der Waals surface area contributed by atoms with E-state index in [1.54, 1.807) is 17.1 Å². The molecule has 1 aromatic rings. The van der Waals surface area contributed by atoms with Crippen molar-refractivity contribution in [3.05, 3.63) is 17.0 Å². The fourth-order valence-electron chi connectivity index (χ4n) is 2.26. The first kappa shape index (κ1) is 14.2. The Morgan fingerprint density at radius 3 is 2.95 bits per heavy atom. The molecule has 1 aliphatic rings. The average molecular weight is 300 g/mol. The molecular formula is C12H16N2O3S2. The number of carbonyl (C=O) groups is 2. The number of carbonyl (C=O) groups excluding carboxylic acids is 1. The number of amides is 2. The van der Waals surface area contributed by atoms with Gasteiger partial charge < -0.3 is 10.4 Å².